The highest BCUT2D eigenvalue weighted by atomic mass is 32.2. The Balaban J connectivity index is 1.91. The zero-order chi connectivity index (χ0) is 18.9. The van der Waals surface area contributed by atoms with Crippen molar-refractivity contribution in [1.82, 2.24) is 0 Å². The van der Waals surface area contributed by atoms with Gasteiger partial charge in [0.25, 0.3) is 0 Å². The minimum absolute atomic E-state index is 0.0485. The van der Waals surface area contributed by atoms with E-state index in [9.17, 15) is 14.4 Å². The molecule has 0 aromatic heterocycles. The first-order chi connectivity index (χ1) is 12.5. The van der Waals surface area contributed by atoms with E-state index in [1.807, 2.05) is 24.3 Å². The van der Waals surface area contributed by atoms with E-state index in [-0.39, 0.29) is 18.2 Å². The summed E-state index contributed by atoms with van der Waals surface area (Å²) in [5, 5.41) is 5.77. The number of hydrogen-bond acceptors (Lipinski definition) is 6. The van der Waals surface area contributed by atoms with Gasteiger partial charge in [-0.1, -0.05) is 12.1 Å². The van der Waals surface area contributed by atoms with Crippen LogP contribution in [0.1, 0.15) is 10.4 Å². The fourth-order valence-electron chi connectivity index (χ4n) is 2.08. The smallest absolute Gasteiger partial charge is 0.337 e. The van der Waals surface area contributed by atoms with Crippen molar-refractivity contribution in [3.63, 3.8) is 0 Å². The van der Waals surface area contributed by atoms with Crippen molar-refractivity contribution in [2.24, 2.45) is 5.73 Å². The molecule has 0 saturated carbocycles. The van der Waals surface area contributed by atoms with Gasteiger partial charge >= 0.3 is 5.97 Å². The first kappa shape index (κ1) is 19.3. The molecule has 0 saturated heterocycles. The molecular weight excluding hydrogens is 354 g/mol. The van der Waals surface area contributed by atoms with E-state index >= 15 is 0 Å². The number of amides is 2. The first-order valence-corrected chi connectivity index (χ1v) is 8.70. The molecule has 2 rings (SSSR count). The summed E-state index contributed by atoms with van der Waals surface area (Å²) in [5.41, 5.74) is 6.89. The van der Waals surface area contributed by atoms with Crippen molar-refractivity contribution in [2.75, 3.05) is 30.0 Å². The van der Waals surface area contributed by atoms with Crippen molar-refractivity contribution in [2.45, 2.75) is 4.90 Å². The summed E-state index contributed by atoms with van der Waals surface area (Å²) >= 11 is 1.30. The van der Waals surface area contributed by atoms with Gasteiger partial charge in [0.15, 0.2) is 0 Å². The van der Waals surface area contributed by atoms with Crippen molar-refractivity contribution < 1.29 is 19.1 Å². The van der Waals surface area contributed by atoms with Gasteiger partial charge in [-0.15, -0.1) is 11.8 Å². The third kappa shape index (κ3) is 5.82. The van der Waals surface area contributed by atoms with E-state index in [1.165, 1.54) is 18.9 Å². The Labute approximate surface area is 155 Å². The number of anilines is 2. The lowest BCUT2D eigenvalue weighted by molar-refractivity contribution is -0.116. The third-order valence-electron chi connectivity index (χ3n) is 3.29. The molecule has 136 valence electrons. The molecule has 7 nitrogen and oxygen atoms in total. The van der Waals surface area contributed by atoms with Gasteiger partial charge in [-0.3, -0.25) is 9.59 Å². The molecule has 0 aliphatic carbocycles. The number of ether oxygens (including phenoxy) is 1. The minimum atomic E-state index is -0.436. The maximum Gasteiger partial charge on any atom is 0.337 e. The van der Waals surface area contributed by atoms with Crippen LogP contribution in [0.15, 0.2) is 53.4 Å². The van der Waals surface area contributed by atoms with Crippen LogP contribution in [0.2, 0.25) is 0 Å². The Kier molecular flexibility index (Phi) is 7.04. The van der Waals surface area contributed by atoms with Crippen LogP contribution in [0.5, 0.6) is 0 Å². The number of methoxy groups -OCH3 is 1. The number of primary amides is 1. The number of hydrogen-bond donors (Lipinski definition) is 3. The number of thioether (sulfide) groups is 1. The number of para-hydroxylation sites is 1. The molecule has 0 heterocycles. The number of nitrogens with one attached hydrogen (secondary N) is 2. The highest BCUT2D eigenvalue weighted by molar-refractivity contribution is 8.00. The van der Waals surface area contributed by atoms with Crippen molar-refractivity contribution in [1.29, 1.82) is 0 Å². The summed E-state index contributed by atoms with van der Waals surface area (Å²) in [6.45, 7) is 0.0485. The van der Waals surface area contributed by atoms with Crippen LogP contribution >= 0.6 is 11.8 Å². The molecule has 8 heteroatoms. The predicted octanol–water partition coefficient (Wildman–Crippen LogP) is 2.10. The molecule has 0 spiro atoms. The summed E-state index contributed by atoms with van der Waals surface area (Å²) < 4.78 is 4.62. The second kappa shape index (κ2) is 9.47. The van der Waals surface area contributed by atoms with Gasteiger partial charge < -0.3 is 21.1 Å². The summed E-state index contributed by atoms with van der Waals surface area (Å²) in [4.78, 5) is 35.2. The molecule has 26 heavy (non-hydrogen) atoms. The fourth-order valence-corrected chi connectivity index (χ4v) is 2.84. The van der Waals surface area contributed by atoms with Gasteiger partial charge in [0.05, 0.1) is 25.0 Å². The molecule has 2 aromatic carbocycles. The molecular formula is C18H19N3O4S. The van der Waals surface area contributed by atoms with E-state index in [4.69, 9.17) is 5.73 Å². The molecule has 0 fully saturated rings. The lowest BCUT2D eigenvalue weighted by Gasteiger charge is -2.11. The molecule has 0 bridgehead atoms. The normalized spacial score (nSPS) is 10.0. The van der Waals surface area contributed by atoms with Crippen molar-refractivity contribution >= 4 is 40.9 Å². The lowest BCUT2D eigenvalue weighted by atomic mass is 10.2. The van der Waals surface area contributed by atoms with Crippen LogP contribution in [-0.2, 0) is 14.3 Å². The number of carbonyl (C=O) groups is 3. The fraction of sp³-hybridized carbons (Fsp3) is 0.167. The molecule has 4 N–H and O–H groups in total. The van der Waals surface area contributed by atoms with E-state index in [1.54, 1.807) is 24.3 Å². The second-order valence-corrected chi connectivity index (χ2v) is 6.24. The SMILES string of the molecule is COC(=O)c1ccc(NC(=O)CNc2ccccc2SCC(N)=O)cc1. The Morgan fingerprint density at radius 3 is 2.42 bits per heavy atom. The van der Waals surface area contributed by atoms with Crippen molar-refractivity contribution in [3.05, 3.63) is 54.1 Å². The van der Waals surface area contributed by atoms with Gasteiger partial charge in [-0.2, -0.15) is 0 Å². The van der Waals surface area contributed by atoms with Gasteiger partial charge in [-0.05, 0) is 36.4 Å². The predicted molar refractivity (Wildman–Crippen MR) is 101 cm³/mol. The molecule has 0 atom stereocenters. The highest BCUT2D eigenvalue weighted by Gasteiger charge is 2.08. The zero-order valence-electron chi connectivity index (χ0n) is 14.2. The van der Waals surface area contributed by atoms with E-state index < -0.39 is 11.9 Å². The van der Waals surface area contributed by atoms with Gasteiger partial charge in [-0.25, -0.2) is 4.79 Å². The standard InChI is InChI=1S/C18H19N3O4S/c1-25-18(24)12-6-8-13(9-7-12)21-17(23)10-20-14-4-2-3-5-15(14)26-11-16(19)22/h2-9,20H,10-11H2,1H3,(H2,19,22)(H,21,23). The average molecular weight is 373 g/mol. The number of carbonyl (C=O) groups excluding carboxylic acids is 3. The molecule has 0 radical (unpaired) electrons. The van der Waals surface area contributed by atoms with E-state index in [0.717, 1.165) is 10.6 Å². The van der Waals surface area contributed by atoms with E-state index in [2.05, 4.69) is 15.4 Å². The number of nitrogens with two attached hydrogens (primary N) is 1. The monoisotopic (exact) mass is 373 g/mol. The van der Waals surface area contributed by atoms with Crippen LogP contribution in [-0.4, -0.2) is 37.2 Å². The summed E-state index contributed by atoms with van der Waals surface area (Å²) in [5.74, 6) is -0.921. The zero-order valence-corrected chi connectivity index (χ0v) is 15.0. The lowest BCUT2D eigenvalue weighted by Crippen LogP contribution is -2.22. The summed E-state index contributed by atoms with van der Waals surface area (Å²) in [7, 11) is 1.31. The summed E-state index contributed by atoms with van der Waals surface area (Å²) in [6, 6.07) is 13.7. The Morgan fingerprint density at radius 1 is 1.08 bits per heavy atom. The Hall–Kier alpha value is -3.00. The molecule has 0 aliphatic rings. The third-order valence-corrected chi connectivity index (χ3v) is 4.38. The van der Waals surface area contributed by atoms with Crippen LogP contribution in [0.3, 0.4) is 0 Å². The van der Waals surface area contributed by atoms with E-state index in [0.29, 0.717) is 11.3 Å². The first-order valence-electron chi connectivity index (χ1n) is 7.72. The number of rotatable bonds is 8. The molecule has 2 aromatic rings. The largest absolute Gasteiger partial charge is 0.465 e. The Bertz CT molecular complexity index is 793. The van der Waals surface area contributed by atoms with Crippen LogP contribution in [0.4, 0.5) is 11.4 Å². The summed E-state index contributed by atoms with van der Waals surface area (Å²) in [6.07, 6.45) is 0. The van der Waals surface area contributed by atoms with Gasteiger partial charge in [0, 0.05) is 16.3 Å². The van der Waals surface area contributed by atoms with Crippen LogP contribution in [0.25, 0.3) is 0 Å². The molecule has 0 unspecified atom stereocenters. The molecule has 0 aliphatic heterocycles. The van der Waals surface area contributed by atoms with Gasteiger partial charge in [0.1, 0.15) is 0 Å². The minimum Gasteiger partial charge on any atom is -0.465 e. The second-order valence-electron chi connectivity index (χ2n) is 5.22. The van der Waals surface area contributed by atoms with Crippen molar-refractivity contribution in [3.8, 4) is 0 Å². The Morgan fingerprint density at radius 2 is 1.77 bits per heavy atom. The maximum atomic E-state index is 12.1. The maximum absolute atomic E-state index is 12.1. The topological polar surface area (TPSA) is 111 Å². The number of esters is 1. The van der Waals surface area contributed by atoms with Gasteiger partial charge in [0.2, 0.25) is 11.8 Å². The van der Waals surface area contributed by atoms with Crippen LogP contribution in [0, 0.1) is 0 Å². The highest BCUT2D eigenvalue weighted by Crippen LogP contribution is 2.26. The quantitative estimate of drug-likeness (QED) is 0.483. The number of benzene rings is 2. The molecule has 2 amide bonds. The average Bonchev–Trinajstić information content (AvgIpc) is 2.65. The van der Waals surface area contributed by atoms with Crippen LogP contribution < -0.4 is 16.4 Å².